The Morgan fingerprint density at radius 2 is 2.20 bits per heavy atom. The van der Waals surface area contributed by atoms with Gasteiger partial charge < -0.3 is 10.1 Å². The Labute approximate surface area is 125 Å². The molecule has 0 aliphatic carbocycles. The van der Waals surface area contributed by atoms with Gasteiger partial charge in [0.2, 0.25) is 0 Å². The monoisotopic (exact) mass is 314 g/mol. The zero-order valence-electron chi connectivity index (χ0n) is 11.7. The van der Waals surface area contributed by atoms with Gasteiger partial charge in [0.25, 0.3) is 0 Å². The number of aromatic nitrogens is 3. The third kappa shape index (κ3) is 2.78. The number of carbonyl (C=O) groups excluding carboxylic acids is 1. The van der Waals surface area contributed by atoms with E-state index in [1.54, 1.807) is 0 Å². The van der Waals surface area contributed by atoms with Crippen LogP contribution < -0.4 is 5.32 Å². The largest absolute Gasteiger partial charge is 0.465 e. The summed E-state index contributed by atoms with van der Waals surface area (Å²) in [4.78, 5) is 15.9. The Balaban J connectivity index is 2.13. The quantitative estimate of drug-likeness (QED) is 0.878. The molecular formula is C12H15ClN4O2S. The lowest BCUT2D eigenvalue weighted by Crippen LogP contribution is -2.01. The highest BCUT2D eigenvalue weighted by molar-refractivity contribution is 7.18. The van der Waals surface area contributed by atoms with E-state index in [0.717, 1.165) is 17.0 Å². The molecule has 20 heavy (non-hydrogen) atoms. The summed E-state index contributed by atoms with van der Waals surface area (Å²) < 4.78 is 6.48. The van der Waals surface area contributed by atoms with Gasteiger partial charge >= 0.3 is 5.97 Å². The van der Waals surface area contributed by atoms with Crippen LogP contribution in [0.1, 0.15) is 26.6 Å². The third-order valence-electron chi connectivity index (χ3n) is 3.03. The molecule has 0 aromatic carbocycles. The van der Waals surface area contributed by atoms with E-state index in [0.29, 0.717) is 16.6 Å². The van der Waals surface area contributed by atoms with E-state index in [1.165, 1.54) is 18.4 Å². The first-order valence-corrected chi connectivity index (χ1v) is 7.11. The fraction of sp³-hybridized carbons (Fsp3) is 0.417. The molecule has 0 aliphatic heterocycles. The topological polar surface area (TPSA) is 69.0 Å². The van der Waals surface area contributed by atoms with E-state index in [9.17, 15) is 4.79 Å². The van der Waals surface area contributed by atoms with Crippen molar-refractivity contribution in [1.29, 1.82) is 0 Å². The number of halogens is 1. The van der Waals surface area contributed by atoms with Crippen LogP contribution in [0.4, 0.5) is 5.13 Å². The second kappa shape index (κ2) is 5.80. The molecule has 2 aromatic rings. The molecule has 0 saturated carbocycles. The van der Waals surface area contributed by atoms with Crippen LogP contribution in [0.2, 0.25) is 5.15 Å². The van der Waals surface area contributed by atoms with Crippen molar-refractivity contribution in [2.75, 3.05) is 12.4 Å². The first-order chi connectivity index (χ1) is 9.43. The van der Waals surface area contributed by atoms with Gasteiger partial charge in [-0.25, -0.2) is 9.78 Å². The number of aryl methyl sites for hydroxylation is 2. The predicted molar refractivity (Wildman–Crippen MR) is 78.5 cm³/mol. The van der Waals surface area contributed by atoms with Crippen LogP contribution in [0.3, 0.4) is 0 Å². The Hall–Kier alpha value is -1.60. The Kier molecular flexibility index (Phi) is 4.29. The van der Waals surface area contributed by atoms with Crippen molar-refractivity contribution in [2.24, 2.45) is 7.05 Å². The van der Waals surface area contributed by atoms with Crippen molar-refractivity contribution < 1.29 is 9.53 Å². The molecule has 0 fully saturated rings. The van der Waals surface area contributed by atoms with Gasteiger partial charge in [-0.05, 0) is 13.8 Å². The number of hydrogen-bond donors (Lipinski definition) is 1. The van der Waals surface area contributed by atoms with E-state index in [4.69, 9.17) is 11.6 Å². The van der Waals surface area contributed by atoms with Gasteiger partial charge in [-0.1, -0.05) is 22.9 Å². The number of methoxy groups -OCH3 is 1. The molecule has 108 valence electrons. The first-order valence-electron chi connectivity index (χ1n) is 5.91. The highest BCUT2D eigenvalue weighted by Crippen LogP contribution is 2.28. The molecule has 0 amide bonds. The standard InChI is InChI=1S/C12H15ClN4O2S/c1-6-8(7(2)17(3)16-6)5-14-12-15-10(13)9(20-12)11(18)19-4/h5H2,1-4H3,(H,14,15). The molecule has 0 spiro atoms. The maximum atomic E-state index is 11.5. The minimum atomic E-state index is -0.478. The molecule has 2 rings (SSSR count). The lowest BCUT2D eigenvalue weighted by Gasteiger charge is -2.03. The molecule has 0 aliphatic rings. The number of thiazole rings is 1. The summed E-state index contributed by atoms with van der Waals surface area (Å²) in [6, 6.07) is 0. The van der Waals surface area contributed by atoms with Gasteiger partial charge in [-0.15, -0.1) is 0 Å². The molecule has 0 saturated heterocycles. The summed E-state index contributed by atoms with van der Waals surface area (Å²) in [5.74, 6) is -0.478. The minimum Gasteiger partial charge on any atom is -0.465 e. The summed E-state index contributed by atoms with van der Waals surface area (Å²) in [5, 5.41) is 8.24. The van der Waals surface area contributed by atoms with Crippen LogP contribution in [0.25, 0.3) is 0 Å². The zero-order valence-corrected chi connectivity index (χ0v) is 13.2. The van der Waals surface area contributed by atoms with Gasteiger partial charge in [-0.2, -0.15) is 5.10 Å². The average molecular weight is 315 g/mol. The van der Waals surface area contributed by atoms with Crippen molar-refractivity contribution in [3.8, 4) is 0 Å². The van der Waals surface area contributed by atoms with E-state index < -0.39 is 5.97 Å². The van der Waals surface area contributed by atoms with Crippen LogP contribution in [0, 0.1) is 13.8 Å². The fourth-order valence-electron chi connectivity index (χ4n) is 1.83. The highest BCUT2D eigenvalue weighted by Gasteiger charge is 2.17. The molecule has 0 unspecified atom stereocenters. The summed E-state index contributed by atoms with van der Waals surface area (Å²) >= 11 is 7.08. The number of anilines is 1. The molecule has 1 N–H and O–H groups in total. The number of nitrogens with zero attached hydrogens (tertiary/aromatic N) is 3. The molecule has 2 heterocycles. The van der Waals surface area contributed by atoms with Crippen molar-refractivity contribution in [3.05, 3.63) is 27.0 Å². The summed E-state index contributed by atoms with van der Waals surface area (Å²) in [7, 11) is 3.22. The Morgan fingerprint density at radius 3 is 2.75 bits per heavy atom. The molecular weight excluding hydrogens is 300 g/mol. The smallest absolute Gasteiger partial charge is 0.351 e. The van der Waals surface area contributed by atoms with Gasteiger partial charge in [0.05, 0.1) is 12.8 Å². The molecule has 0 atom stereocenters. The van der Waals surface area contributed by atoms with Gasteiger partial charge in [0, 0.05) is 24.8 Å². The Morgan fingerprint density at radius 1 is 1.50 bits per heavy atom. The van der Waals surface area contributed by atoms with Crippen LogP contribution in [-0.2, 0) is 18.3 Å². The average Bonchev–Trinajstić information content (AvgIpc) is 2.89. The van der Waals surface area contributed by atoms with E-state index in [-0.39, 0.29) is 5.15 Å². The molecule has 6 nitrogen and oxygen atoms in total. The second-order valence-electron chi connectivity index (χ2n) is 4.26. The van der Waals surface area contributed by atoms with Crippen LogP contribution in [0.5, 0.6) is 0 Å². The molecule has 0 bridgehead atoms. The Bertz CT molecular complexity index is 650. The van der Waals surface area contributed by atoms with E-state index >= 15 is 0 Å². The van der Waals surface area contributed by atoms with Crippen LogP contribution in [-0.4, -0.2) is 27.8 Å². The summed E-state index contributed by atoms with van der Waals surface area (Å²) in [6.45, 7) is 4.54. The van der Waals surface area contributed by atoms with E-state index in [2.05, 4.69) is 20.1 Å². The lowest BCUT2D eigenvalue weighted by atomic mass is 10.2. The normalized spacial score (nSPS) is 10.7. The van der Waals surface area contributed by atoms with Crippen molar-refractivity contribution in [2.45, 2.75) is 20.4 Å². The predicted octanol–water partition coefficient (Wildman–Crippen LogP) is 2.55. The minimum absolute atomic E-state index is 0.156. The summed E-state index contributed by atoms with van der Waals surface area (Å²) in [6.07, 6.45) is 0. The fourth-order valence-corrected chi connectivity index (χ4v) is 2.93. The molecule has 2 aromatic heterocycles. The van der Waals surface area contributed by atoms with Gasteiger partial charge in [0.1, 0.15) is 0 Å². The van der Waals surface area contributed by atoms with Gasteiger partial charge in [0.15, 0.2) is 15.2 Å². The number of ether oxygens (including phenoxy) is 1. The van der Waals surface area contributed by atoms with E-state index in [1.807, 2.05) is 25.6 Å². The highest BCUT2D eigenvalue weighted by atomic mass is 35.5. The third-order valence-corrected chi connectivity index (χ3v) is 4.41. The van der Waals surface area contributed by atoms with Crippen molar-refractivity contribution in [1.82, 2.24) is 14.8 Å². The second-order valence-corrected chi connectivity index (χ2v) is 5.61. The number of esters is 1. The van der Waals surface area contributed by atoms with Crippen LogP contribution in [0.15, 0.2) is 0 Å². The molecule has 8 heteroatoms. The number of nitrogens with one attached hydrogen (secondary N) is 1. The first kappa shape index (κ1) is 14.8. The van der Waals surface area contributed by atoms with Crippen molar-refractivity contribution >= 4 is 34.0 Å². The number of rotatable bonds is 4. The number of carbonyl (C=O) groups is 1. The SMILES string of the molecule is COC(=O)c1sc(NCc2c(C)nn(C)c2C)nc1Cl. The summed E-state index contributed by atoms with van der Waals surface area (Å²) in [5.41, 5.74) is 3.16. The van der Waals surface area contributed by atoms with Crippen LogP contribution >= 0.6 is 22.9 Å². The van der Waals surface area contributed by atoms with Crippen molar-refractivity contribution in [3.63, 3.8) is 0 Å². The maximum absolute atomic E-state index is 11.5. The zero-order chi connectivity index (χ0) is 14.9. The maximum Gasteiger partial charge on any atom is 0.351 e. The number of hydrogen-bond acceptors (Lipinski definition) is 6. The molecule has 0 radical (unpaired) electrons. The lowest BCUT2D eigenvalue weighted by molar-refractivity contribution is 0.0606. The van der Waals surface area contributed by atoms with Gasteiger partial charge in [-0.3, -0.25) is 4.68 Å².